The van der Waals surface area contributed by atoms with Crippen LogP contribution < -0.4 is 16.0 Å². The summed E-state index contributed by atoms with van der Waals surface area (Å²) >= 11 is 0. The monoisotopic (exact) mass is 462 g/mol. The van der Waals surface area contributed by atoms with Gasteiger partial charge in [0.25, 0.3) is 0 Å². The van der Waals surface area contributed by atoms with Gasteiger partial charge in [0.05, 0.1) is 24.7 Å². The molecule has 2 aliphatic carbocycles. The van der Waals surface area contributed by atoms with Gasteiger partial charge in [0.2, 0.25) is 5.91 Å². The number of guanidine groups is 1. The first kappa shape index (κ1) is 25.1. The van der Waals surface area contributed by atoms with Crippen molar-refractivity contribution in [2.45, 2.75) is 69.9 Å². The molecule has 3 rings (SSSR count). The summed E-state index contributed by atoms with van der Waals surface area (Å²) in [5, 5.41) is 9.20. The molecule has 3 N–H and O–H groups in total. The molecule has 2 saturated carbocycles. The highest BCUT2D eigenvalue weighted by Crippen LogP contribution is 2.42. The zero-order valence-corrected chi connectivity index (χ0v) is 19.2. The molecule has 0 aromatic heterocycles. The van der Waals surface area contributed by atoms with Crippen LogP contribution in [0.5, 0.6) is 0 Å². The highest BCUT2D eigenvalue weighted by molar-refractivity contribution is 5.81. The number of halogens is 3. The van der Waals surface area contributed by atoms with Crippen LogP contribution in [0.2, 0.25) is 0 Å². The van der Waals surface area contributed by atoms with Gasteiger partial charge in [-0.1, -0.05) is 0 Å². The van der Waals surface area contributed by atoms with E-state index >= 15 is 0 Å². The van der Waals surface area contributed by atoms with Gasteiger partial charge < -0.3 is 25.4 Å². The number of aliphatic imine (C=N–C) groups is 1. The van der Waals surface area contributed by atoms with Gasteiger partial charge in [0, 0.05) is 39.3 Å². The number of nitrogens with zero attached hydrogens (tertiary/aromatic N) is 1. The highest BCUT2D eigenvalue weighted by atomic mass is 19.4. The van der Waals surface area contributed by atoms with Crippen LogP contribution in [0.25, 0.3) is 0 Å². The van der Waals surface area contributed by atoms with Crippen LogP contribution in [0.3, 0.4) is 0 Å². The minimum Gasteiger partial charge on any atom is -0.381 e. The molecule has 0 spiro atoms. The third kappa shape index (κ3) is 6.73. The Morgan fingerprint density at radius 3 is 2.38 bits per heavy atom. The quantitative estimate of drug-likeness (QED) is 0.541. The van der Waals surface area contributed by atoms with Gasteiger partial charge in [-0.15, -0.1) is 0 Å². The second-order valence-electron chi connectivity index (χ2n) is 9.53. The van der Waals surface area contributed by atoms with E-state index in [1.165, 1.54) is 0 Å². The molecule has 3 aliphatic rings. The van der Waals surface area contributed by atoms with Gasteiger partial charge in [-0.3, -0.25) is 9.79 Å². The van der Waals surface area contributed by atoms with Crippen LogP contribution in [-0.4, -0.2) is 70.1 Å². The topological polar surface area (TPSA) is 84.0 Å². The van der Waals surface area contributed by atoms with Crippen LogP contribution in [-0.2, 0) is 14.3 Å². The molecule has 0 radical (unpaired) electrons. The first-order valence-corrected chi connectivity index (χ1v) is 11.6. The second kappa shape index (κ2) is 11.0. The molecule has 0 saturated heterocycles. The van der Waals surface area contributed by atoms with Crippen LogP contribution in [0.1, 0.15) is 45.4 Å². The van der Waals surface area contributed by atoms with Crippen molar-refractivity contribution in [3.63, 3.8) is 0 Å². The molecular weight excluding hydrogens is 425 g/mol. The van der Waals surface area contributed by atoms with Crippen LogP contribution in [0.15, 0.2) is 4.99 Å². The Morgan fingerprint density at radius 1 is 1.12 bits per heavy atom. The fraction of sp³-hybridized carbons (Fsp3) is 0.909. The molecule has 7 nitrogen and oxygen atoms in total. The summed E-state index contributed by atoms with van der Waals surface area (Å²) in [6, 6.07) is -0.155. The highest BCUT2D eigenvalue weighted by Gasteiger charge is 2.46. The summed E-state index contributed by atoms with van der Waals surface area (Å²) in [7, 11) is 3.34. The first-order valence-electron chi connectivity index (χ1n) is 11.6. The van der Waals surface area contributed by atoms with E-state index in [1.807, 2.05) is 6.92 Å². The number of hydrogen-bond donors (Lipinski definition) is 3. The van der Waals surface area contributed by atoms with Crippen molar-refractivity contribution in [1.82, 2.24) is 16.0 Å². The Labute approximate surface area is 188 Å². The van der Waals surface area contributed by atoms with Gasteiger partial charge in [0.15, 0.2) is 5.96 Å². The summed E-state index contributed by atoms with van der Waals surface area (Å²) in [6.07, 6.45) is -1.43. The van der Waals surface area contributed by atoms with Crippen LogP contribution in [0.4, 0.5) is 13.2 Å². The summed E-state index contributed by atoms with van der Waals surface area (Å²) in [5.74, 6) is -1.83. The molecular formula is C22H37F3N4O3. The lowest BCUT2D eigenvalue weighted by Gasteiger charge is -2.38. The average Bonchev–Trinajstić information content (AvgIpc) is 3.30. The zero-order valence-electron chi connectivity index (χ0n) is 19.2. The third-order valence-electron chi connectivity index (χ3n) is 7.27. The second-order valence-corrected chi connectivity index (χ2v) is 9.53. The van der Waals surface area contributed by atoms with Crippen molar-refractivity contribution in [1.29, 1.82) is 0 Å². The minimum atomic E-state index is -4.30. The number of nitrogens with one attached hydrogen (secondary N) is 3. The molecule has 1 amide bonds. The third-order valence-corrected chi connectivity index (χ3v) is 7.27. The van der Waals surface area contributed by atoms with Crippen molar-refractivity contribution in [2.24, 2.45) is 28.7 Å². The van der Waals surface area contributed by atoms with E-state index < -0.39 is 18.0 Å². The summed E-state index contributed by atoms with van der Waals surface area (Å²) in [6.45, 7) is 3.71. The normalized spacial score (nSPS) is 34.4. The summed E-state index contributed by atoms with van der Waals surface area (Å²) < 4.78 is 51.8. The number of alkyl halides is 3. The number of carbonyl (C=O) groups is 1. The van der Waals surface area contributed by atoms with Gasteiger partial charge in [-0.2, -0.15) is 13.2 Å². The van der Waals surface area contributed by atoms with E-state index in [1.54, 1.807) is 14.2 Å². The number of hydrogen-bond acceptors (Lipinski definition) is 6. The van der Waals surface area contributed by atoms with Gasteiger partial charge >= 0.3 is 6.18 Å². The Bertz CT molecular complexity index is 649. The van der Waals surface area contributed by atoms with Crippen molar-refractivity contribution in [3.05, 3.63) is 0 Å². The van der Waals surface area contributed by atoms with E-state index in [4.69, 9.17) is 9.47 Å². The van der Waals surface area contributed by atoms with Crippen molar-refractivity contribution < 1.29 is 27.4 Å². The van der Waals surface area contributed by atoms with E-state index in [-0.39, 0.29) is 48.8 Å². The lowest BCUT2D eigenvalue weighted by atomic mass is 9.74. The van der Waals surface area contributed by atoms with Crippen molar-refractivity contribution in [2.75, 3.05) is 33.9 Å². The predicted octanol–water partition coefficient (Wildman–Crippen LogP) is 2.46. The molecule has 0 aromatic carbocycles. The maximum absolute atomic E-state index is 13.6. The maximum atomic E-state index is 13.6. The molecule has 0 bridgehead atoms. The lowest BCUT2D eigenvalue weighted by Crippen LogP contribution is -2.48. The van der Waals surface area contributed by atoms with Crippen LogP contribution in [0, 0.1) is 23.7 Å². The van der Waals surface area contributed by atoms with Gasteiger partial charge in [-0.25, -0.2) is 0 Å². The van der Waals surface area contributed by atoms with E-state index in [0.717, 1.165) is 25.8 Å². The molecule has 184 valence electrons. The number of rotatable bonds is 7. The number of amides is 1. The fourth-order valence-corrected chi connectivity index (χ4v) is 5.35. The Kier molecular flexibility index (Phi) is 8.66. The summed E-state index contributed by atoms with van der Waals surface area (Å²) in [5.41, 5.74) is 0. The molecule has 2 fully saturated rings. The number of carbonyl (C=O) groups excluding carboxylic acids is 1. The largest absolute Gasteiger partial charge is 0.391 e. The predicted molar refractivity (Wildman–Crippen MR) is 115 cm³/mol. The molecule has 6 atom stereocenters. The molecule has 1 aliphatic heterocycles. The van der Waals surface area contributed by atoms with Crippen molar-refractivity contribution in [3.8, 4) is 0 Å². The molecule has 0 aromatic rings. The Hall–Kier alpha value is -1.55. The standard InChI is InChI=1S/C22H37F3N4O3/c1-13(15-9-18(31-2)11-19(10-15)32-3)29-20(30)16-6-14(7-17(8-16)22(23,24)25)12-28-21-26-4-5-27-21/h13-19H,4-12H2,1-3H3,(H,29,30)(H2,26,27,28). The smallest absolute Gasteiger partial charge is 0.381 e. The van der Waals surface area contributed by atoms with Crippen LogP contribution >= 0.6 is 0 Å². The SMILES string of the molecule is COC1CC(OC)CC(C(C)NC(=O)C2CC(CNC3=NCCN3)CC(C(F)(F)F)C2)C1. The molecule has 6 unspecified atom stereocenters. The van der Waals surface area contributed by atoms with Crippen molar-refractivity contribution >= 4 is 11.9 Å². The first-order chi connectivity index (χ1) is 15.2. The molecule has 32 heavy (non-hydrogen) atoms. The summed E-state index contributed by atoms with van der Waals surface area (Å²) in [4.78, 5) is 17.3. The fourth-order valence-electron chi connectivity index (χ4n) is 5.35. The Balaban J connectivity index is 1.59. The minimum absolute atomic E-state index is 0.0385. The van der Waals surface area contributed by atoms with E-state index in [0.29, 0.717) is 25.5 Å². The maximum Gasteiger partial charge on any atom is 0.391 e. The lowest BCUT2D eigenvalue weighted by molar-refractivity contribution is -0.190. The van der Waals surface area contributed by atoms with Gasteiger partial charge in [0.1, 0.15) is 0 Å². The van der Waals surface area contributed by atoms with Gasteiger partial charge in [-0.05, 0) is 57.3 Å². The average molecular weight is 463 g/mol. The van der Waals surface area contributed by atoms with E-state index in [2.05, 4.69) is 20.9 Å². The number of methoxy groups -OCH3 is 2. The zero-order chi connectivity index (χ0) is 23.3. The molecule has 1 heterocycles. The molecule has 10 heteroatoms. The Morgan fingerprint density at radius 2 is 1.81 bits per heavy atom. The van der Waals surface area contributed by atoms with E-state index in [9.17, 15) is 18.0 Å². The number of ether oxygens (including phenoxy) is 2.